The second-order valence-electron chi connectivity index (χ2n) is 5.61. The summed E-state index contributed by atoms with van der Waals surface area (Å²) in [5.74, 6) is 0.261. The molecule has 0 aliphatic carbocycles. The van der Waals surface area contributed by atoms with Crippen molar-refractivity contribution in [3.8, 4) is 0 Å². The van der Waals surface area contributed by atoms with Crippen LogP contribution in [0.5, 0.6) is 0 Å². The zero-order chi connectivity index (χ0) is 18.0. The topological polar surface area (TPSA) is 45.4 Å². The average molecular weight is 389 g/mol. The lowest BCUT2D eigenvalue weighted by Gasteiger charge is -2.34. The molecular formula is C16H16ClF3N4S. The highest BCUT2D eigenvalue weighted by atomic mass is 35.5. The van der Waals surface area contributed by atoms with E-state index in [0.717, 1.165) is 17.0 Å². The highest BCUT2D eigenvalue weighted by Gasteiger charge is 2.32. The Balaban J connectivity index is 1.64. The van der Waals surface area contributed by atoms with Gasteiger partial charge in [-0.05, 0) is 48.3 Å². The summed E-state index contributed by atoms with van der Waals surface area (Å²) in [4.78, 5) is 6.93. The van der Waals surface area contributed by atoms with E-state index >= 15 is 0 Å². The first-order chi connectivity index (χ1) is 11.8. The van der Waals surface area contributed by atoms with E-state index in [4.69, 9.17) is 17.3 Å². The summed E-state index contributed by atoms with van der Waals surface area (Å²) in [6.07, 6.45) is -4.44. The van der Waals surface area contributed by atoms with Crippen molar-refractivity contribution in [1.29, 1.82) is 0 Å². The van der Waals surface area contributed by atoms with Gasteiger partial charge in [0.05, 0.1) is 5.56 Å². The Morgan fingerprint density at radius 2 is 1.68 bits per heavy atom. The second-order valence-corrected chi connectivity index (χ2v) is 7.17. The van der Waals surface area contributed by atoms with Gasteiger partial charge in [-0.15, -0.1) is 0 Å². The number of anilines is 2. The molecule has 3 rings (SSSR count). The van der Waals surface area contributed by atoms with Crippen LogP contribution in [-0.2, 0) is 6.18 Å². The number of nitrogens with two attached hydrogens (primary N) is 1. The first-order valence-electron chi connectivity index (χ1n) is 7.59. The quantitative estimate of drug-likeness (QED) is 0.486. The fourth-order valence-corrected chi connectivity index (χ4v) is 3.60. The molecule has 0 amide bonds. The van der Waals surface area contributed by atoms with Gasteiger partial charge < -0.3 is 10.6 Å². The van der Waals surface area contributed by atoms with Gasteiger partial charge in [-0.25, -0.2) is 9.29 Å². The molecule has 2 aromatic rings. The molecule has 0 unspecified atom stereocenters. The van der Waals surface area contributed by atoms with Gasteiger partial charge in [0.1, 0.15) is 11.0 Å². The van der Waals surface area contributed by atoms with Crippen LogP contribution in [0.15, 0.2) is 41.3 Å². The summed E-state index contributed by atoms with van der Waals surface area (Å²) in [6, 6.07) is 9.47. The third-order valence-electron chi connectivity index (χ3n) is 3.79. The number of hydrogen-bond acceptors (Lipinski definition) is 5. The molecule has 2 heterocycles. The van der Waals surface area contributed by atoms with E-state index in [1.165, 1.54) is 0 Å². The van der Waals surface area contributed by atoms with Crippen LogP contribution in [0.1, 0.15) is 5.56 Å². The summed E-state index contributed by atoms with van der Waals surface area (Å²) in [7, 11) is 0. The molecule has 1 aromatic heterocycles. The van der Waals surface area contributed by atoms with E-state index in [1.807, 2.05) is 29.2 Å². The SMILES string of the molecule is Nc1ccc(SN2CCN(c3cc(C(F)(F)F)cc(Cl)n3)CC2)cc1. The molecule has 1 saturated heterocycles. The van der Waals surface area contributed by atoms with Crippen molar-refractivity contribution >= 4 is 35.1 Å². The van der Waals surface area contributed by atoms with Gasteiger partial charge in [-0.3, -0.25) is 0 Å². The molecule has 1 fully saturated rings. The number of piperazine rings is 1. The molecule has 9 heteroatoms. The molecule has 4 nitrogen and oxygen atoms in total. The number of hydrogen-bond donors (Lipinski definition) is 1. The highest BCUT2D eigenvalue weighted by molar-refractivity contribution is 7.97. The fraction of sp³-hybridized carbons (Fsp3) is 0.312. The number of aromatic nitrogens is 1. The van der Waals surface area contributed by atoms with Crippen molar-refractivity contribution in [2.45, 2.75) is 11.1 Å². The molecule has 1 aromatic carbocycles. The lowest BCUT2D eigenvalue weighted by Crippen LogP contribution is -2.43. The highest BCUT2D eigenvalue weighted by Crippen LogP contribution is 2.33. The van der Waals surface area contributed by atoms with Crippen molar-refractivity contribution < 1.29 is 13.2 Å². The Morgan fingerprint density at radius 1 is 1.04 bits per heavy atom. The normalized spacial score (nSPS) is 16.2. The van der Waals surface area contributed by atoms with Crippen LogP contribution in [0.25, 0.3) is 0 Å². The maximum absolute atomic E-state index is 12.9. The maximum atomic E-state index is 12.9. The molecule has 25 heavy (non-hydrogen) atoms. The van der Waals surface area contributed by atoms with Crippen LogP contribution in [0.4, 0.5) is 24.7 Å². The Hall–Kier alpha value is -1.64. The van der Waals surface area contributed by atoms with E-state index in [-0.39, 0.29) is 11.0 Å². The van der Waals surface area contributed by atoms with Crippen LogP contribution in [0, 0.1) is 0 Å². The number of rotatable bonds is 3. The van der Waals surface area contributed by atoms with Gasteiger partial charge in [0.15, 0.2) is 0 Å². The van der Waals surface area contributed by atoms with E-state index in [0.29, 0.717) is 31.9 Å². The number of benzene rings is 1. The maximum Gasteiger partial charge on any atom is 0.416 e. The molecule has 1 aliphatic rings. The fourth-order valence-electron chi connectivity index (χ4n) is 2.49. The monoisotopic (exact) mass is 388 g/mol. The van der Waals surface area contributed by atoms with Crippen molar-refractivity contribution in [3.63, 3.8) is 0 Å². The number of nitrogen functional groups attached to an aromatic ring is 1. The van der Waals surface area contributed by atoms with Crippen LogP contribution >= 0.6 is 23.5 Å². The van der Waals surface area contributed by atoms with Gasteiger partial charge in [0.2, 0.25) is 0 Å². The van der Waals surface area contributed by atoms with E-state index in [2.05, 4.69) is 9.29 Å². The minimum absolute atomic E-state index is 0.150. The molecule has 0 atom stereocenters. The Bertz CT molecular complexity index is 731. The summed E-state index contributed by atoms with van der Waals surface area (Å²) >= 11 is 7.37. The molecule has 0 radical (unpaired) electrons. The van der Waals surface area contributed by atoms with Crippen LogP contribution < -0.4 is 10.6 Å². The van der Waals surface area contributed by atoms with Gasteiger partial charge in [-0.1, -0.05) is 11.6 Å². The van der Waals surface area contributed by atoms with E-state index in [9.17, 15) is 13.2 Å². The number of nitrogens with zero attached hydrogens (tertiary/aromatic N) is 3. The molecule has 0 bridgehead atoms. The second kappa shape index (κ2) is 7.31. The van der Waals surface area contributed by atoms with E-state index in [1.54, 1.807) is 11.9 Å². The van der Waals surface area contributed by atoms with Gasteiger partial charge in [-0.2, -0.15) is 13.2 Å². The third kappa shape index (κ3) is 4.71. The Labute approximate surface area is 152 Å². The van der Waals surface area contributed by atoms with Crippen LogP contribution in [0.3, 0.4) is 0 Å². The predicted octanol–water partition coefficient (Wildman–Crippen LogP) is 4.17. The third-order valence-corrected chi connectivity index (χ3v) is 5.09. The van der Waals surface area contributed by atoms with Gasteiger partial charge >= 0.3 is 6.18 Å². The standard InChI is InChI=1S/C16H16ClF3N4S/c17-14-9-11(16(18,19)20)10-15(22-14)23-5-7-24(8-6-23)25-13-3-1-12(21)2-4-13/h1-4,9-10H,5-8,21H2. The lowest BCUT2D eigenvalue weighted by molar-refractivity contribution is -0.137. The smallest absolute Gasteiger partial charge is 0.399 e. The zero-order valence-corrected chi connectivity index (χ0v) is 14.7. The first kappa shape index (κ1) is 18.2. The predicted molar refractivity (Wildman–Crippen MR) is 94.7 cm³/mol. The summed E-state index contributed by atoms with van der Waals surface area (Å²) in [6.45, 7) is 2.55. The van der Waals surface area contributed by atoms with E-state index < -0.39 is 11.7 Å². The largest absolute Gasteiger partial charge is 0.416 e. The van der Waals surface area contributed by atoms with Crippen molar-refractivity contribution in [2.75, 3.05) is 36.8 Å². The summed E-state index contributed by atoms with van der Waals surface area (Å²) in [5.41, 5.74) is 5.60. The Morgan fingerprint density at radius 3 is 2.28 bits per heavy atom. The minimum atomic E-state index is -4.44. The zero-order valence-electron chi connectivity index (χ0n) is 13.1. The Kier molecular flexibility index (Phi) is 5.31. The van der Waals surface area contributed by atoms with Crippen LogP contribution in [0.2, 0.25) is 5.15 Å². The van der Waals surface area contributed by atoms with Gasteiger partial charge in [0.25, 0.3) is 0 Å². The molecular weight excluding hydrogens is 373 g/mol. The number of halogens is 4. The molecule has 0 saturated carbocycles. The average Bonchev–Trinajstić information content (AvgIpc) is 2.56. The van der Waals surface area contributed by atoms with Crippen LogP contribution in [-0.4, -0.2) is 35.5 Å². The number of pyridine rings is 1. The lowest BCUT2D eigenvalue weighted by atomic mass is 10.2. The van der Waals surface area contributed by atoms with Crippen molar-refractivity contribution in [3.05, 3.63) is 47.1 Å². The molecule has 2 N–H and O–H groups in total. The molecule has 134 valence electrons. The summed E-state index contributed by atoms with van der Waals surface area (Å²) in [5, 5.41) is -0.150. The summed E-state index contributed by atoms with van der Waals surface area (Å²) < 4.78 is 40.9. The van der Waals surface area contributed by atoms with Gasteiger partial charge in [0, 0.05) is 36.8 Å². The minimum Gasteiger partial charge on any atom is -0.399 e. The molecule has 0 spiro atoms. The molecule has 1 aliphatic heterocycles. The van der Waals surface area contributed by atoms with Crippen molar-refractivity contribution in [2.24, 2.45) is 0 Å². The van der Waals surface area contributed by atoms with Crippen molar-refractivity contribution in [1.82, 2.24) is 9.29 Å². The first-order valence-corrected chi connectivity index (χ1v) is 8.74. The number of alkyl halides is 3.